The third kappa shape index (κ3) is 8.24. The number of rotatable bonds is 10. The molecule has 2 aliphatic heterocycles. The Balaban J connectivity index is 0.00000363. The van der Waals surface area contributed by atoms with Gasteiger partial charge in [-0.2, -0.15) is 0 Å². The van der Waals surface area contributed by atoms with Crippen LogP contribution in [-0.4, -0.2) is 95.7 Å². The van der Waals surface area contributed by atoms with Crippen LogP contribution < -0.4 is 14.8 Å². The van der Waals surface area contributed by atoms with Crippen LogP contribution in [0.3, 0.4) is 0 Å². The summed E-state index contributed by atoms with van der Waals surface area (Å²) in [5.74, 6) is 2.74. The van der Waals surface area contributed by atoms with Crippen LogP contribution in [0.15, 0.2) is 23.2 Å². The van der Waals surface area contributed by atoms with Gasteiger partial charge in [0.25, 0.3) is 0 Å². The normalized spacial score (nSPS) is 19.5. The van der Waals surface area contributed by atoms with Crippen LogP contribution in [0.2, 0.25) is 0 Å². The maximum absolute atomic E-state index is 5.74. The van der Waals surface area contributed by atoms with Crippen LogP contribution in [0.1, 0.15) is 24.8 Å². The summed E-state index contributed by atoms with van der Waals surface area (Å²) in [7, 11) is 5.26. The monoisotopic (exact) mass is 562 g/mol. The summed E-state index contributed by atoms with van der Waals surface area (Å²) in [6.45, 7) is 7.91. The van der Waals surface area contributed by atoms with Crippen molar-refractivity contribution in [3.05, 3.63) is 23.8 Å². The van der Waals surface area contributed by atoms with E-state index in [1.54, 1.807) is 14.2 Å². The lowest BCUT2D eigenvalue weighted by molar-refractivity contribution is 0.0168. The van der Waals surface area contributed by atoms with Gasteiger partial charge in [-0.25, -0.2) is 0 Å². The van der Waals surface area contributed by atoms with Gasteiger partial charge < -0.3 is 29.2 Å². The Morgan fingerprint density at radius 3 is 2.66 bits per heavy atom. The Hall–Kier alpha value is -1.30. The fraction of sp³-hybridized carbons (Fsp3) is 0.696. The number of nitrogens with one attached hydrogen (secondary N) is 1. The van der Waals surface area contributed by atoms with Crippen LogP contribution in [0.5, 0.6) is 11.5 Å². The van der Waals surface area contributed by atoms with Crippen LogP contribution in [-0.2, 0) is 16.0 Å². The highest BCUT2D eigenvalue weighted by Gasteiger charge is 2.21. The van der Waals surface area contributed by atoms with E-state index in [2.05, 4.69) is 26.2 Å². The van der Waals surface area contributed by atoms with E-state index in [0.29, 0.717) is 6.10 Å². The first-order valence-electron chi connectivity index (χ1n) is 11.3. The van der Waals surface area contributed by atoms with E-state index < -0.39 is 0 Å². The number of ether oxygens (including phenoxy) is 4. The molecule has 2 heterocycles. The number of hydrogen-bond donors (Lipinski definition) is 1. The zero-order chi connectivity index (χ0) is 21.9. The summed E-state index contributed by atoms with van der Waals surface area (Å²) in [5.41, 5.74) is 1.15. The number of benzene rings is 1. The van der Waals surface area contributed by atoms with E-state index in [4.69, 9.17) is 18.9 Å². The lowest BCUT2D eigenvalue weighted by Crippen LogP contribution is -2.52. The molecule has 3 rings (SSSR count). The molecule has 9 heteroatoms. The van der Waals surface area contributed by atoms with Gasteiger partial charge in [0.15, 0.2) is 5.96 Å². The Morgan fingerprint density at radius 2 is 2.00 bits per heavy atom. The van der Waals surface area contributed by atoms with Gasteiger partial charge in [-0.05, 0) is 37.5 Å². The molecule has 182 valence electrons. The minimum atomic E-state index is 0. The Kier molecular flexibility index (Phi) is 12.4. The van der Waals surface area contributed by atoms with E-state index in [0.717, 1.165) is 101 Å². The summed E-state index contributed by atoms with van der Waals surface area (Å²) < 4.78 is 22.2. The average Bonchev–Trinajstić information content (AvgIpc) is 3.33. The number of guanidine groups is 1. The molecule has 2 aliphatic rings. The topological polar surface area (TPSA) is 67.8 Å². The third-order valence-corrected chi connectivity index (χ3v) is 5.84. The number of halogens is 1. The van der Waals surface area contributed by atoms with Crippen LogP contribution in [0.25, 0.3) is 0 Å². The molecule has 0 aromatic heterocycles. The maximum Gasteiger partial charge on any atom is 0.193 e. The molecule has 2 fully saturated rings. The lowest BCUT2D eigenvalue weighted by atomic mass is 10.1. The van der Waals surface area contributed by atoms with Crippen LogP contribution >= 0.6 is 24.0 Å². The predicted octanol–water partition coefficient (Wildman–Crippen LogP) is 2.60. The number of nitrogens with zero attached hydrogens (tertiary/aromatic N) is 3. The molecule has 0 saturated carbocycles. The molecule has 0 spiro atoms. The van der Waals surface area contributed by atoms with Crippen molar-refractivity contribution in [2.24, 2.45) is 4.99 Å². The maximum atomic E-state index is 5.74. The van der Waals surface area contributed by atoms with Crippen molar-refractivity contribution in [2.75, 3.05) is 73.8 Å². The second-order valence-corrected chi connectivity index (χ2v) is 7.98. The highest BCUT2D eigenvalue weighted by molar-refractivity contribution is 14.0. The molecule has 2 saturated heterocycles. The molecule has 1 unspecified atom stereocenters. The standard InChI is InChI=1S/C23H38N4O4.HI/c1-24-23(25-9-5-14-30-18-21-6-4-15-31-21)27-12-10-26(11-13-27)17-19-16-20(28-2)7-8-22(19)29-3;/h7-8,16,21H,4-6,9-15,17-18H2,1-3H3,(H,24,25);1H. The van der Waals surface area contributed by atoms with Crippen molar-refractivity contribution in [1.29, 1.82) is 0 Å². The fourth-order valence-electron chi connectivity index (χ4n) is 4.06. The van der Waals surface area contributed by atoms with E-state index in [1.807, 2.05) is 19.2 Å². The largest absolute Gasteiger partial charge is 0.497 e. The molecule has 32 heavy (non-hydrogen) atoms. The summed E-state index contributed by atoms with van der Waals surface area (Å²) in [5, 5.41) is 3.48. The Labute approximate surface area is 209 Å². The van der Waals surface area contributed by atoms with Gasteiger partial charge in [-0.15, -0.1) is 24.0 Å². The third-order valence-electron chi connectivity index (χ3n) is 5.84. The van der Waals surface area contributed by atoms with Crippen molar-refractivity contribution in [1.82, 2.24) is 15.1 Å². The van der Waals surface area contributed by atoms with Crippen molar-refractivity contribution >= 4 is 29.9 Å². The number of methoxy groups -OCH3 is 2. The van der Waals surface area contributed by atoms with Crippen molar-refractivity contribution < 1.29 is 18.9 Å². The lowest BCUT2D eigenvalue weighted by Gasteiger charge is -2.36. The number of aliphatic imine (C=N–C) groups is 1. The Bertz CT molecular complexity index is 693. The summed E-state index contributed by atoms with van der Waals surface area (Å²) in [6.07, 6.45) is 3.55. The van der Waals surface area contributed by atoms with Gasteiger partial charge in [-0.1, -0.05) is 0 Å². The van der Waals surface area contributed by atoms with Gasteiger partial charge in [0.1, 0.15) is 11.5 Å². The van der Waals surface area contributed by atoms with Gasteiger partial charge in [0, 0.05) is 65.1 Å². The molecule has 0 radical (unpaired) electrons. The minimum Gasteiger partial charge on any atom is -0.497 e. The molecule has 1 aromatic carbocycles. The van der Waals surface area contributed by atoms with Crippen molar-refractivity contribution in [2.45, 2.75) is 31.9 Å². The zero-order valence-corrected chi connectivity index (χ0v) is 22.0. The predicted molar refractivity (Wildman–Crippen MR) is 138 cm³/mol. The van der Waals surface area contributed by atoms with Crippen LogP contribution in [0, 0.1) is 0 Å². The molecule has 0 bridgehead atoms. The first-order valence-corrected chi connectivity index (χ1v) is 11.3. The quantitative estimate of drug-likeness (QED) is 0.204. The number of hydrogen-bond acceptors (Lipinski definition) is 6. The minimum absolute atomic E-state index is 0. The highest BCUT2D eigenvalue weighted by Crippen LogP contribution is 2.25. The zero-order valence-electron chi connectivity index (χ0n) is 19.7. The second kappa shape index (κ2) is 14.8. The molecule has 0 aliphatic carbocycles. The smallest absolute Gasteiger partial charge is 0.193 e. The van der Waals surface area contributed by atoms with E-state index in [1.165, 1.54) is 0 Å². The average molecular weight is 562 g/mol. The Morgan fingerprint density at radius 1 is 1.19 bits per heavy atom. The van der Waals surface area contributed by atoms with Crippen molar-refractivity contribution in [3.63, 3.8) is 0 Å². The molecule has 1 aromatic rings. The molecule has 1 atom stereocenters. The summed E-state index contributed by atoms with van der Waals surface area (Å²) >= 11 is 0. The number of piperazine rings is 1. The van der Waals surface area contributed by atoms with Gasteiger partial charge in [0.2, 0.25) is 0 Å². The van der Waals surface area contributed by atoms with Crippen LogP contribution in [0.4, 0.5) is 0 Å². The molecular formula is C23H39IN4O4. The fourth-order valence-corrected chi connectivity index (χ4v) is 4.06. The SMILES string of the molecule is CN=C(NCCCOCC1CCCO1)N1CCN(Cc2cc(OC)ccc2OC)CC1.I. The first kappa shape index (κ1) is 26.9. The molecule has 8 nitrogen and oxygen atoms in total. The second-order valence-electron chi connectivity index (χ2n) is 7.98. The van der Waals surface area contributed by atoms with E-state index in [9.17, 15) is 0 Å². The first-order chi connectivity index (χ1) is 15.2. The van der Waals surface area contributed by atoms with Gasteiger partial charge in [-0.3, -0.25) is 9.89 Å². The van der Waals surface area contributed by atoms with E-state index in [-0.39, 0.29) is 24.0 Å². The highest BCUT2D eigenvalue weighted by atomic mass is 127. The van der Waals surface area contributed by atoms with Gasteiger partial charge >= 0.3 is 0 Å². The molecule has 0 amide bonds. The summed E-state index contributed by atoms with van der Waals surface area (Å²) in [6, 6.07) is 5.97. The molecular weight excluding hydrogens is 523 g/mol. The van der Waals surface area contributed by atoms with E-state index >= 15 is 0 Å². The van der Waals surface area contributed by atoms with Gasteiger partial charge in [0.05, 0.1) is 26.9 Å². The summed E-state index contributed by atoms with van der Waals surface area (Å²) in [4.78, 5) is 9.24. The van der Waals surface area contributed by atoms with Crippen molar-refractivity contribution in [3.8, 4) is 11.5 Å². The molecule has 1 N–H and O–H groups in total.